The Kier molecular flexibility index (Phi) is 5.22. The topological polar surface area (TPSA) is 72.6 Å². The Morgan fingerprint density at radius 1 is 1.35 bits per heavy atom. The first-order valence-electron chi connectivity index (χ1n) is 7.67. The zero-order chi connectivity index (χ0) is 18.9. The Morgan fingerprint density at radius 2 is 2.04 bits per heavy atom. The molecule has 3 rings (SSSR count). The summed E-state index contributed by atoms with van der Waals surface area (Å²) >= 11 is 7.28. The second kappa shape index (κ2) is 7.26. The lowest BCUT2D eigenvalue weighted by molar-refractivity contribution is -0.445. The molecule has 2 unspecified atom stereocenters. The Bertz CT molecular complexity index is 874. The minimum atomic E-state index is -2.01. The van der Waals surface area contributed by atoms with E-state index in [4.69, 9.17) is 16.3 Å². The molecule has 0 radical (unpaired) electrons. The second-order valence-corrected chi connectivity index (χ2v) is 7.31. The van der Waals surface area contributed by atoms with Crippen LogP contribution in [-0.2, 0) is 12.0 Å². The number of nitrogens with zero attached hydrogens (tertiary/aromatic N) is 1. The van der Waals surface area contributed by atoms with E-state index in [0.29, 0.717) is 12.2 Å². The second-order valence-electron chi connectivity index (χ2n) is 5.83. The van der Waals surface area contributed by atoms with Gasteiger partial charge in [-0.25, -0.2) is 4.39 Å². The normalized spacial score (nSPS) is 22.2. The van der Waals surface area contributed by atoms with Crippen molar-refractivity contribution in [3.8, 4) is 5.75 Å². The third-order valence-electron chi connectivity index (χ3n) is 4.32. The molecule has 0 aliphatic carbocycles. The van der Waals surface area contributed by atoms with Crippen molar-refractivity contribution >= 4 is 23.4 Å². The minimum Gasteiger partial charge on any atom is -0.497 e. The number of rotatable bonds is 5. The van der Waals surface area contributed by atoms with E-state index in [0.717, 1.165) is 29.5 Å². The summed E-state index contributed by atoms with van der Waals surface area (Å²) in [6, 6.07) is 10.7. The molecule has 136 valence electrons. The molecule has 0 bridgehead atoms. The van der Waals surface area contributed by atoms with Crippen LogP contribution in [0.4, 0.5) is 4.39 Å². The summed E-state index contributed by atoms with van der Waals surface area (Å²) in [6.07, 6.45) is 0.325. The number of benzene rings is 2. The number of hydrogen-bond donors (Lipinski definition) is 1. The Labute approximate surface area is 158 Å². The highest BCUT2D eigenvalue weighted by molar-refractivity contribution is 8.03. The van der Waals surface area contributed by atoms with Crippen LogP contribution >= 0.6 is 23.4 Å². The van der Waals surface area contributed by atoms with Gasteiger partial charge in [0, 0.05) is 16.0 Å². The fourth-order valence-electron chi connectivity index (χ4n) is 2.95. The molecule has 0 saturated heterocycles. The van der Waals surface area contributed by atoms with Crippen molar-refractivity contribution < 1.29 is 19.2 Å². The number of halogens is 2. The standard InChI is InChI=1S/C18H15ClFNO4S/c1-25-13-5-2-11(3-6-13)8-17-18(22,16(10-26-17)21(23)24)14-9-12(20)4-7-15(14)19/h2-7,9-10,17,22H,8H2,1H3. The highest BCUT2D eigenvalue weighted by Gasteiger charge is 2.54. The molecule has 0 saturated carbocycles. The minimum absolute atomic E-state index is 0.00868. The van der Waals surface area contributed by atoms with Crippen LogP contribution in [0.2, 0.25) is 5.02 Å². The maximum atomic E-state index is 13.8. The predicted molar refractivity (Wildman–Crippen MR) is 98.5 cm³/mol. The van der Waals surface area contributed by atoms with Crippen molar-refractivity contribution in [2.24, 2.45) is 0 Å². The number of hydrogen-bond acceptors (Lipinski definition) is 5. The molecule has 1 aliphatic rings. The van der Waals surface area contributed by atoms with E-state index >= 15 is 0 Å². The van der Waals surface area contributed by atoms with Crippen LogP contribution in [0.5, 0.6) is 5.75 Å². The zero-order valence-corrected chi connectivity index (χ0v) is 15.3. The van der Waals surface area contributed by atoms with Crippen molar-refractivity contribution in [2.45, 2.75) is 17.3 Å². The van der Waals surface area contributed by atoms with Gasteiger partial charge in [0.05, 0.1) is 17.3 Å². The van der Waals surface area contributed by atoms with E-state index in [9.17, 15) is 19.6 Å². The molecular formula is C18H15ClFNO4S. The van der Waals surface area contributed by atoms with E-state index in [2.05, 4.69) is 0 Å². The van der Waals surface area contributed by atoms with E-state index < -0.39 is 27.3 Å². The molecule has 1 N–H and O–H groups in total. The van der Waals surface area contributed by atoms with Crippen LogP contribution < -0.4 is 4.74 Å². The monoisotopic (exact) mass is 395 g/mol. The summed E-state index contributed by atoms with van der Waals surface area (Å²) in [5.41, 5.74) is -1.57. The molecule has 0 fully saturated rings. The van der Waals surface area contributed by atoms with Gasteiger partial charge in [0.1, 0.15) is 11.6 Å². The van der Waals surface area contributed by atoms with Gasteiger partial charge >= 0.3 is 0 Å². The van der Waals surface area contributed by atoms with E-state index in [1.54, 1.807) is 19.2 Å². The molecule has 26 heavy (non-hydrogen) atoms. The molecule has 2 atom stereocenters. The Hall–Kier alpha value is -2.09. The third kappa shape index (κ3) is 3.30. The van der Waals surface area contributed by atoms with Gasteiger partial charge in [0.2, 0.25) is 0 Å². The number of methoxy groups -OCH3 is 1. The highest BCUT2D eigenvalue weighted by atomic mass is 35.5. The maximum absolute atomic E-state index is 13.8. The largest absolute Gasteiger partial charge is 0.497 e. The summed E-state index contributed by atoms with van der Waals surface area (Å²) in [6.45, 7) is 0. The van der Waals surface area contributed by atoms with Crippen molar-refractivity contribution in [2.75, 3.05) is 7.11 Å². The lowest BCUT2D eigenvalue weighted by Gasteiger charge is -2.29. The maximum Gasteiger partial charge on any atom is 0.289 e. The van der Waals surface area contributed by atoms with Crippen LogP contribution in [-0.4, -0.2) is 22.4 Å². The van der Waals surface area contributed by atoms with Crippen LogP contribution in [0.3, 0.4) is 0 Å². The van der Waals surface area contributed by atoms with Crippen molar-refractivity contribution in [3.05, 3.63) is 85.7 Å². The Morgan fingerprint density at radius 3 is 2.65 bits per heavy atom. The summed E-state index contributed by atoms with van der Waals surface area (Å²) in [5, 5.41) is 23.5. The molecule has 0 aromatic heterocycles. The average molecular weight is 396 g/mol. The van der Waals surface area contributed by atoms with Crippen LogP contribution in [0.1, 0.15) is 11.1 Å². The predicted octanol–water partition coefficient (Wildman–Crippen LogP) is 4.15. The summed E-state index contributed by atoms with van der Waals surface area (Å²) in [7, 11) is 1.56. The molecule has 0 amide bonds. The van der Waals surface area contributed by atoms with Gasteiger partial charge in [-0.2, -0.15) is 0 Å². The first kappa shape index (κ1) is 18.7. The molecule has 5 nitrogen and oxygen atoms in total. The number of aliphatic hydroxyl groups is 1. The Balaban J connectivity index is 2.01. The van der Waals surface area contributed by atoms with Crippen molar-refractivity contribution in [1.29, 1.82) is 0 Å². The van der Waals surface area contributed by atoms with Crippen LogP contribution in [0, 0.1) is 15.9 Å². The number of ether oxygens (including phenoxy) is 1. The number of thioether (sulfide) groups is 1. The van der Waals surface area contributed by atoms with Crippen LogP contribution in [0.15, 0.2) is 53.6 Å². The molecule has 0 spiro atoms. The summed E-state index contributed by atoms with van der Waals surface area (Å²) in [5.74, 6) is 0.0565. The van der Waals surface area contributed by atoms with E-state index in [1.807, 2.05) is 12.1 Å². The zero-order valence-electron chi connectivity index (χ0n) is 13.7. The van der Waals surface area contributed by atoms with Crippen LogP contribution in [0.25, 0.3) is 0 Å². The first-order valence-corrected chi connectivity index (χ1v) is 8.99. The van der Waals surface area contributed by atoms with Gasteiger partial charge in [-0.05, 0) is 42.3 Å². The van der Waals surface area contributed by atoms with Gasteiger partial charge in [-0.1, -0.05) is 23.7 Å². The molecule has 1 aliphatic heterocycles. The van der Waals surface area contributed by atoms with Gasteiger partial charge in [0.15, 0.2) is 5.60 Å². The van der Waals surface area contributed by atoms with Gasteiger partial charge < -0.3 is 9.84 Å². The fraction of sp³-hybridized carbons (Fsp3) is 0.222. The van der Waals surface area contributed by atoms with E-state index in [-0.39, 0.29) is 10.6 Å². The highest BCUT2D eigenvalue weighted by Crippen LogP contribution is 2.49. The smallest absolute Gasteiger partial charge is 0.289 e. The van der Waals surface area contributed by atoms with Gasteiger partial charge in [-0.3, -0.25) is 10.1 Å². The first-order chi connectivity index (χ1) is 12.4. The average Bonchev–Trinajstić information content (AvgIpc) is 2.95. The fourth-order valence-corrected chi connectivity index (χ4v) is 4.51. The quantitative estimate of drug-likeness (QED) is 0.608. The van der Waals surface area contributed by atoms with E-state index in [1.165, 1.54) is 11.5 Å². The molecule has 2 aromatic rings. The molecular weight excluding hydrogens is 381 g/mol. The summed E-state index contributed by atoms with van der Waals surface area (Å²) in [4.78, 5) is 10.8. The van der Waals surface area contributed by atoms with Gasteiger partial charge in [-0.15, -0.1) is 11.8 Å². The number of nitro groups is 1. The third-order valence-corrected chi connectivity index (χ3v) is 5.84. The molecule has 1 heterocycles. The lowest BCUT2D eigenvalue weighted by atomic mass is 9.84. The molecule has 2 aromatic carbocycles. The van der Waals surface area contributed by atoms with Crippen molar-refractivity contribution in [3.63, 3.8) is 0 Å². The summed E-state index contributed by atoms with van der Waals surface area (Å²) < 4.78 is 18.9. The lowest BCUT2D eigenvalue weighted by Crippen LogP contribution is -2.40. The van der Waals surface area contributed by atoms with Crippen molar-refractivity contribution in [1.82, 2.24) is 0 Å². The van der Waals surface area contributed by atoms with Gasteiger partial charge in [0.25, 0.3) is 5.70 Å². The molecule has 8 heteroatoms. The SMILES string of the molecule is COc1ccc(CC2SC=C([N+](=O)[O-])C2(O)c2cc(F)ccc2Cl)cc1.